The molecular formula is C15H19F2NO2. The Balaban J connectivity index is 2.28. The zero-order valence-corrected chi connectivity index (χ0v) is 11.7. The summed E-state index contributed by atoms with van der Waals surface area (Å²) in [5.74, 6) is -1.23. The molecule has 1 aliphatic heterocycles. The first-order valence-electron chi connectivity index (χ1n) is 6.84. The fourth-order valence-corrected chi connectivity index (χ4v) is 2.54. The number of hydrogen-bond acceptors (Lipinski definition) is 3. The number of halogens is 2. The van der Waals surface area contributed by atoms with E-state index in [0.29, 0.717) is 11.1 Å². The Kier molecular flexibility index (Phi) is 4.70. The van der Waals surface area contributed by atoms with Crippen LogP contribution in [-0.4, -0.2) is 25.5 Å². The van der Waals surface area contributed by atoms with Gasteiger partial charge in [0.2, 0.25) is 6.43 Å². The second-order valence-corrected chi connectivity index (χ2v) is 5.03. The van der Waals surface area contributed by atoms with Gasteiger partial charge >= 0.3 is 5.97 Å². The Morgan fingerprint density at radius 2 is 2.15 bits per heavy atom. The smallest absolute Gasteiger partial charge is 0.338 e. The van der Waals surface area contributed by atoms with E-state index in [1.807, 2.05) is 6.92 Å². The van der Waals surface area contributed by atoms with E-state index in [4.69, 9.17) is 4.74 Å². The molecule has 1 atom stereocenters. The molecule has 2 rings (SSSR count). The van der Waals surface area contributed by atoms with Crippen molar-refractivity contribution in [2.24, 2.45) is 0 Å². The number of benzene rings is 1. The van der Waals surface area contributed by atoms with E-state index >= 15 is 0 Å². The first-order valence-corrected chi connectivity index (χ1v) is 6.84. The predicted octanol–water partition coefficient (Wildman–Crippen LogP) is 3.01. The topological polar surface area (TPSA) is 38.3 Å². The average molecular weight is 283 g/mol. The number of alkyl halides is 2. The van der Waals surface area contributed by atoms with Crippen molar-refractivity contribution in [3.8, 4) is 0 Å². The van der Waals surface area contributed by atoms with Crippen molar-refractivity contribution < 1.29 is 18.3 Å². The molecule has 1 N–H and O–H groups in total. The standard InChI is InChI=1S/C15H19F2NO2/c1-3-6-18-7-12(14(16)17)10-4-5-11-13(9(10)2)8-20-15(11)19/h4-5,12,14,18H,3,6-8H2,1-2H3. The maximum absolute atomic E-state index is 13.3. The first-order chi connectivity index (χ1) is 9.56. The highest BCUT2D eigenvalue weighted by atomic mass is 19.3. The van der Waals surface area contributed by atoms with Gasteiger partial charge in [0.1, 0.15) is 6.61 Å². The first kappa shape index (κ1) is 14.9. The summed E-state index contributed by atoms with van der Waals surface area (Å²) in [6.45, 7) is 4.92. The summed E-state index contributed by atoms with van der Waals surface area (Å²) in [4.78, 5) is 11.5. The lowest BCUT2D eigenvalue weighted by molar-refractivity contribution is 0.0534. The summed E-state index contributed by atoms with van der Waals surface area (Å²) in [5.41, 5.74) is 2.59. The van der Waals surface area contributed by atoms with Gasteiger partial charge in [0.25, 0.3) is 0 Å². The normalized spacial score (nSPS) is 15.3. The Morgan fingerprint density at radius 1 is 1.40 bits per heavy atom. The minimum absolute atomic E-state index is 0.187. The molecule has 1 aliphatic rings. The maximum Gasteiger partial charge on any atom is 0.338 e. The van der Waals surface area contributed by atoms with Gasteiger partial charge in [0.05, 0.1) is 11.5 Å². The van der Waals surface area contributed by atoms with Crippen LogP contribution in [0.15, 0.2) is 12.1 Å². The Hall–Kier alpha value is -1.49. The van der Waals surface area contributed by atoms with Crippen LogP contribution >= 0.6 is 0 Å². The van der Waals surface area contributed by atoms with Crippen molar-refractivity contribution in [3.05, 3.63) is 34.4 Å². The third kappa shape index (κ3) is 2.82. The van der Waals surface area contributed by atoms with Gasteiger partial charge in [-0.1, -0.05) is 13.0 Å². The van der Waals surface area contributed by atoms with Crippen LogP contribution in [0.25, 0.3) is 0 Å². The van der Waals surface area contributed by atoms with E-state index in [2.05, 4.69) is 5.32 Å². The fourth-order valence-electron chi connectivity index (χ4n) is 2.54. The van der Waals surface area contributed by atoms with Crippen LogP contribution in [0.1, 0.15) is 46.3 Å². The van der Waals surface area contributed by atoms with Crippen molar-refractivity contribution in [3.63, 3.8) is 0 Å². The summed E-state index contributed by atoms with van der Waals surface area (Å²) < 4.78 is 31.5. The number of carbonyl (C=O) groups excluding carboxylic acids is 1. The second kappa shape index (κ2) is 6.31. The van der Waals surface area contributed by atoms with E-state index in [1.54, 1.807) is 19.1 Å². The lowest BCUT2D eigenvalue weighted by Gasteiger charge is -2.20. The molecule has 0 aromatic heterocycles. The van der Waals surface area contributed by atoms with Crippen LogP contribution in [0.2, 0.25) is 0 Å². The lowest BCUT2D eigenvalue weighted by atomic mass is 9.90. The third-order valence-corrected chi connectivity index (χ3v) is 3.70. The van der Waals surface area contributed by atoms with E-state index in [-0.39, 0.29) is 19.1 Å². The molecule has 0 radical (unpaired) electrons. The van der Waals surface area contributed by atoms with E-state index in [0.717, 1.165) is 24.1 Å². The summed E-state index contributed by atoms with van der Waals surface area (Å²) in [5, 5.41) is 3.04. The number of hydrogen-bond donors (Lipinski definition) is 1. The zero-order valence-electron chi connectivity index (χ0n) is 11.7. The number of esters is 1. The van der Waals surface area contributed by atoms with Crippen molar-refractivity contribution in [1.82, 2.24) is 5.32 Å². The van der Waals surface area contributed by atoms with Crippen LogP contribution in [-0.2, 0) is 11.3 Å². The van der Waals surface area contributed by atoms with E-state index in [1.165, 1.54) is 0 Å². The average Bonchev–Trinajstić information content (AvgIpc) is 2.79. The number of fused-ring (bicyclic) bond motifs is 1. The number of ether oxygens (including phenoxy) is 1. The molecule has 0 aliphatic carbocycles. The molecule has 1 heterocycles. The van der Waals surface area contributed by atoms with E-state index < -0.39 is 12.3 Å². The number of rotatable bonds is 6. The van der Waals surface area contributed by atoms with Gasteiger partial charge in [-0.15, -0.1) is 0 Å². The summed E-state index contributed by atoms with van der Waals surface area (Å²) >= 11 is 0. The van der Waals surface area contributed by atoms with Crippen LogP contribution in [0.5, 0.6) is 0 Å². The van der Waals surface area contributed by atoms with Crippen LogP contribution in [0.4, 0.5) is 8.78 Å². The number of cyclic esters (lactones) is 1. The van der Waals surface area contributed by atoms with Crippen molar-refractivity contribution in [2.75, 3.05) is 13.1 Å². The quantitative estimate of drug-likeness (QED) is 0.644. The Bertz CT molecular complexity index is 503. The molecule has 0 spiro atoms. The van der Waals surface area contributed by atoms with Crippen molar-refractivity contribution in [1.29, 1.82) is 0 Å². The number of carbonyl (C=O) groups is 1. The van der Waals surface area contributed by atoms with Crippen LogP contribution < -0.4 is 5.32 Å². The van der Waals surface area contributed by atoms with Crippen LogP contribution in [0.3, 0.4) is 0 Å². The molecule has 110 valence electrons. The fraction of sp³-hybridized carbons (Fsp3) is 0.533. The largest absolute Gasteiger partial charge is 0.457 e. The molecule has 1 unspecified atom stereocenters. The molecular weight excluding hydrogens is 264 g/mol. The van der Waals surface area contributed by atoms with Crippen LogP contribution in [0, 0.1) is 6.92 Å². The molecule has 0 bridgehead atoms. The van der Waals surface area contributed by atoms with Crippen molar-refractivity contribution in [2.45, 2.75) is 39.2 Å². The minimum atomic E-state index is -2.44. The van der Waals surface area contributed by atoms with Gasteiger partial charge in [-0.25, -0.2) is 13.6 Å². The lowest BCUT2D eigenvalue weighted by Crippen LogP contribution is -2.27. The third-order valence-electron chi connectivity index (χ3n) is 3.70. The van der Waals surface area contributed by atoms with E-state index in [9.17, 15) is 13.6 Å². The zero-order chi connectivity index (χ0) is 14.7. The summed E-state index contributed by atoms with van der Waals surface area (Å²) in [6, 6.07) is 3.23. The van der Waals surface area contributed by atoms with Gasteiger partial charge in [-0.05, 0) is 37.1 Å². The van der Waals surface area contributed by atoms with Gasteiger partial charge in [0, 0.05) is 12.1 Å². The predicted molar refractivity (Wildman–Crippen MR) is 72.2 cm³/mol. The molecule has 0 saturated carbocycles. The molecule has 0 saturated heterocycles. The van der Waals surface area contributed by atoms with Gasteiger partial charge in [-0.2, -0.15) is 0 Å². The van der Waals surface area contributed by atoms with Crippen molar-refractivity contribution >= 4 is 5.97 Å². The molecule has 5 heteroatoms. The Morgan fingerprint density at radius 3 is 2.80 bits per heavy atom. The number of nitrogens with one attached hydrogen (secondary N) is 1. The summed E-state index contributed by atoms with van der Waals surface area (Å²) in [6.07, 6.45) is -1.53. The molecule has 0 amide bonds. The maximum atomic E-state index is 13.3. The van der Waals surface area contributed by atoms with Gasteiger partial charge < -0.3 is 10.1 Å². The molecule has 1 aromatic carbocycles. The SMILES string of the molecule is CCCNCC(c1ccc2c(c1C)COC2=O)C(F)F. The van der Waals surface area contributed by atoms with Gasteiger partial charge in [-0.3, -0.25) is 0 Å². The molecule has 0 fully saturated rings. The second-order valence-electron chi connectivity index (χ2n) is 5.03. The van der Waals surface area contributed by atoms with Gasteiger partial charge in [0.15, 0.2) is 0 Å². The molecule has 20 heavy (non-hydrogen) atoms. The summed E-state index contributed by atoms with van der Waals surface area (Å²) in [7, 11) is 0. The Labute approximate surface area is 117 Å². The minimum Gasteiger partial charge on any atom is -0.457 e. The highest BCUT2D eigenvalue weighted by molar-refractivity contribution is 5.93. The highest BCUT2D eigenvalue weighted by Crippen LogP contribution is 2.32. The highest BCUT2D eigenvalue weighted by Gasteiger charge is 2.29. The molecule has 1 aromatic rings. The molecule has 3 nitrogen and oxygen atoms in total. The monoisotopic (exact) mass is 283 g/mol.